The molecule has 0 aromatic carbocycles. The molecule has 4 heteroatoms. The third-order valence-corrected chi connectivity index (χ3v) is 2.58. The molecule has 0 N–H and O–H groups in total. The Morgan fingerprint density at radius 2 is 2.00 bits per heavy atom. The first-order valence-electron chi connectivity index (χ1n) is 5.78. The SMILES string of the molecule is CC(C)CN(c1cc(C#N)cc(Cl)n1)C(C)C. The Balaban J connectivity index is 3.10. The monoisotopic (exact) mass is 251 g/mol. The summed E-state index contributed by atoms with van der Waals surface area (Å²) >= 11 is 5.93. The fourth-order valence-electron chi connectivity index (χ4n) is 1.66. The van der Waals surface area contributed by atoms with Gasteiger partial charge in [0.1, 0.15) is 11.0 Å². The third-order valence-electron chi connectivity index (χ3n) is 2.39. The van der Waals surface area contributed by atoms with Crippen LogP contribution in [0.2, 0.25) is 5.15 Å². The summed E-state index contributed by atoms with van der Waals surface area (Å²) in [5.74, 6) is 1.31. The van der Waals surface area contributed by atoms with Gasteiger partial charge in [-0.2, -0.15) is 5.26 Å². The summed E-state index contributed by atoms with van der Waals surface area (Å²) in [7, 11) is 0. The van der Waals surface area contributed by atoms with E-state index in [9.17, 15) is 0 Å². The predicted molar refractivity (Wildman–Crippen MR) is 71.3 cm³/mol. The molecule has 0 spiro atoms. The molecule has 1 rings (SSSR count). The van der Waals surface area contributed by atoms with Gasteiger partial charge in [-0.15, -0.1) is 0 Å². The molecule has 0 unspecified atom stereocenters. The predicted octanol–water partition coefficient (Wildman–Crippen LogP) is 3.48. The summed E-state index contributed by atoms with van der Waals surface area (Å²) in [5.41, 5.74) is 0.550. The molecule has 17 heavy (non-hydrogen) atoms. The molecule has 92 valence electrons. The molecular formula is C13H18ClN3. The van der Waals surface area contributed by atoms with Crippen LogP contribution in [0.3, 0.4) is 0 Å². The maximum Gasteiger partial charge on any atom is 0.132 e. The molecule has 0 radical (unpaired) electrons. The van der Waals surface area contributed by atoms with Gasteiger partial charge >= 0.3 is 0 Å². The highest BCUT2D eigenvalue weighted by Gasteiger charge is 2.14. The summed E-state index contributed by atoms with van der Waals surface area (Å²) in [6.45, 7) is 9.43. The van der Waals surface area contributed by atoms with E-state index in [1.54, 1.807) is 12.1 Å². The molecule has 1 aromatic rings. The Labute approximate surface area is 108 Å². The van der Waals surface area contributed by atoms with Crippen molar-refractivity contribution in [1.29, 1.82) is 5.26 Å². The Kier molecular flexibility index (Phi) is 4.77. The van der Waals surface area contributed by atoms with Crippen molar-refractivity contribution in [2.75, 3.05) is 11.4 Å². The van der Waals surface area contributed by atoms with Crippen molar-refractivity contribution in [2.24, 2.45) is 5.92 Å². The van der Waals surface area contributed by atoms with E-state index in [0.717, 1.165) is 12.4 Å². The second-order valence-electron chi connectivity index (χ2n) is 4.79. The zero-order chi connectivity index (χ0) is 13.0. The van der Waals surface area contributed by atoms with Gasteiger partial charge in [0.25, 0.3) is 0 Å². The molecular weight excluding hydrogens is 234 g/mol. The molecule has 0 aliphatic heterocycles. The molecule has 0 atom stereocenters. The van der Waals surface area contributed by atoms with Crippen LogP contribution in [-0.2, 0) is 0 Å². The lowest BCUT2D eigenvalue weighted by molar-refractivity contribution is 0.566. The molecule has 0 saturated carbocycles. The highest BCUT2D eigenvalue weighted by atomic mass is 35.5. The van der Waals surface area contributed by atoms with Gasteiger partial charge in [0.2, 0.25) is 0 Å². The first-order chi connectivity index (χ1) is 7.93. The minimum Gasteiger partial charge on any atom is -0.354 e. The van der Waals surface area contributed by atoms with Gasteiger partial charge in [0.05, 0.1) is 11.6 Å². The number of anilines is 1. The second kappa shape index (κ2) is 5.88. The first-order valence-corrected chi connectivity index (χ1v) is 6.16. The quantitative estimate of drug-likeness (QED) is 0.770. The molecule has 0 fully saturated rings. The van der Waals surface area contributed by atoms with Crippen LogP contribution in [0.4, 0.5) is 5.82 Å². The summed E-state index contributed by atoms with van der Waals surface area (Å²) in [6, 6.07) is 5.80. The largest absolute Gasteiger partial charge is 0.354 e. The average Bonchev–Trinajstić information content (AvgIpc) is 2.24. The Bertz CT molecular complexity index is 421. The van der Waals surface area contributed by atoms with Gasteiger partial charge in [0, 0.05) is 12.6 Å². The number of nitrogens with zero attached hydrogens (tertiary/aromatic N) is 3. The number of halogens is 1. The van der Waals surface area contributed by atoms with Gasteiger partial charge in [-0.05, 0) is 31.9 Å². The zero-order valence-electron chi connectivity index (χ0n) is 10.7. The van der Waals surface area contributed by atoms with E-state index < -0.39 is 0 Å². The topological polar surface area (TPSA) is 39.9 Å². The van der Waals surface area contributed by atoms with E-state index in [-0.39, 0.29) is 0 Å². The minimum absolute atomic E-state index is 0.329. The minimum atomic E-state index is 0.329. The maximum absolute atomic E-state index is 8.93. The van der Waals surface area contributed by atoms with Crippen LogP contribution in [0.1, 0.15) is 33.3 Å². The Morgan fingerprint density at radius 3 is 2.47 bits per heavy atom. The van der Waals surface area contributed by atoms with Crippen molar-refractivity contribution >= 4 is 17.4 Å². The van der Waals surface area contributed by atoms with E-state index in [4.69, 9.17) is 16.9 Å². The van der Waals surface area contributed by atoms with Crippen molar-refractivity contribution in [3.63, 3.8) is 0 Å². The molecule has 1 heterocycles. The van der Waals surface area contributed by atoms with Crippen molar-refractivity contribution in [3.8, 4) is 6.07 Å². The van der Waals surface area contributed by atoms with Gasteiger partial charge in [-0.3, -0.25) is 0 Å². The molecule has 0 aliphatic carbocycles. The summed E-state index contributed by atoms with van der Waals surface area (Å²) < 4.78 is 0. The molecule has 0 amide bonds. The average molecular weight is 252 g/mol. The molecule has 1 aromatic heterocycles. The second-order valence-corrected chi connectivity index (χ2v) is 5.18. The highest BCUT2D eigenvalue weighted by molar-refractivity contribution is 6.29. The number of pyridine rings is 1. The van der Waals surface area contributed by atoms with E-state index in [1.165, 1.54) is 0 Å². The van der Waals surface area contributed by atoms with E-state index in [2.05, 4.69) is 43.6 Å². The van der Waals surface area contributed by atoms with Crippen LogP contribution in [-0.4, -0.2) is 17.6 Å². The van der Waals surface area contributed by atoms with Gasteiger partial charge < -0.3 is 4.90 Å². The first kappa shape index (κ1) is 13.8. The maximum atomic E-state index is 8.93. The van der Waals surface area contributed by atoms with Gasteiger partial charge in [-0.1, -0.05) is 25.4 Å². The number of hydrogen-bond donors (Lipinski definition) is 0. The lowest BCUT2D eigenvalue weighted by atomic mass is 10.1. The lowest BCUT2D eigenvalue weighted by Crippen LogP contribution is -2.34. The van der Waals surface area contributed by atoms with Crippen LogP contribution < -0.4 is 4.90 Å². The van der Waals surface area contributed by atoms with Crippen molar-refractivity contribution in [2.45, 2.75) is 33.7 Å². The molecule has 0 saturated heterocycles. The van der Waals surface area contributed by atoms with Crippen molar-refractivity contribution in [3.05, 3.63) is 22.8 Å². The number of nitriles is 1. The zero-order valence-corrected chi connectivity index (χ0v) is 11.5. The van der Waals surface area contributed by atoms with Crippen molar-refractivity contribution in [1.82, 2.24) is 4.98 Å². The van der Waals surface area contributed by atoms with Gasteiger partial charge in [0.15, 0.2) is 0 Å². The summed E-state index contributed by atoms with van der Waals surface area (Å²) in [5, 5.41) is 9.30. The van der Waals surface area contributed by atoms with E-state index in [1.807, 2.05) is 0 Å². The van der Waals surface area contributed by atoms with E-state index in [0.29, 0.717) is 22.7 Å². The summed E-state index contributed by atoms with van der Waals surface area (Å²) in [6.07, 6.45) is 0. The molecule has 0 bridgehead atoms. The standard InChI is InChI=1S/C13H18ClN3/c1-9(2)8-17(10(3)4)13-6-11(7-15)5-12(14)16-13/h5-6,9-10H,8H2,1-4H3. The van der Waals surface area contributed by atoms with E-state index >= 15 is 0 Å². The van der Waals surface area contributed by atoms with Crippen LogP contribution in [0.5, 0.6) is 0 Å². The molecule has 3 nitrogen and oxygen atoms in total. The fourth-order valence-corrected chi connectivity index (χ4v) is 1.86. The highest BCUT2D eigenvalue weighted by Crippen LogP contribution is 2.20. The van der Waals surface area contributed by atoms with Crippen LogP contribution in [0.25, 0.3) is 0 Å². The van der Waals surface area contributed by atoms with Gasteiger partial charge in [-0.25, -0.2) is 4.98 Å². The lowest BCUT2D eigenvalue weighted by Gasteiger charge is -2.29. The smallest absolute Gasteiger partial charge is 0.132 e. The van der Waals surface area contributed by atoms with Crippen LogP contribution in [0, 0.1) is 17.2 Å². The van der Waals surface area contributed by atoms with Crippen molar-refractivity contribution < 1.29 is 0 Å². The Hall–Kier alpha value is -1.27. The van der Waals surface area contributed by atoms with Crippen LogP contribution >= 0.6 is 11.6 Å². The third kappa shape index (κ3) is 3.90. The fraction of sp³-hybridized carbons (Fsp3) is 0.538. The number of hydrogen-bond acceptors (Lipinski definition) is 3. The summed E-state index contributed by atoms with van der Waals surface area (Å²) in [4.78, 5) is 6.46. The number of aromatic nitrogens is 1. The normalized spacial score (nSPS) is 10.7. The number of rotatable bonds is 4. The van der Waals surface area contributed by atoms with Crippen LogP contribution in [0.15, 0.2) is 12.1 Å². The Morgan fingerprint density at radius 1 is 1.35 bits per heavy atom. The molecule has 0 aliphatic rings.